The topological polar surface area (TPSA) is 38.1 Å². The zero-order chi connectivity index (χ0) is 10.5. The van der Waals surface area contributed by atoms with Gasteiger partial charge >= 0.3 is 0 Å². The van der Waals surface area contributed by atoms with Gasteiger partial charge < -0.3 is 9.73 Å². The number of nitrogens with zero attached hydrogens (tertiary/aromatic N) is 1. The molecule has 0 unspecified atom stereocenters. The van der Waals surface area contributed by atoms with E-state index in [1.165, 1.54) is 44.9 Å². The average Bonchev–Trinajstić information content (AvgIpc) is 2.53. The second-order valence-electron chi connectivity index (χ2n) is 4.43. The maximum Gasteiger partial charge on any atom is 0.181 e. The van der Waals surface area contributed by atoms with Crippen molar-refractivity contribution >= 4 is 0 Å². The molecule has 84 valence electrons. The molecular formula is C12H20N2O. The zero-order valence-electron chi connectivity index (χ0n) is 9.46. The molecule has 0 aliphatic heterocycles. The first-order valence-electron chi connectivity index (χ1n) is 5.98. The van der Waals surface area contributed by atoms with E-state index < -0.39 is 0 Å². The summed E-state index contributed by atoms with van der Waals surface area (Å²) in [5, 5.41) is 3.57. The highest BCUT2D eigenvalue weighted by atomic mass is 16.3. The predicted octanol–water partition coefficient (Wildman–Crippen LogP) is 2.80. The van der Waals surface area contributed by atoms with Gasteiger partial charge in [0.1, 0.15) is 5.76 Å². The van der Waals surface area contributed by atoms with Crippen molar-refractivity contribution in [2.75, 3.05) is 0 Å². The molecule has 3 heteroatoms. The van der Waals surface area contributed by atoms with E-state index in [4.69, 9.17) is 4.42 Å². The molecule has 0 radical (unpaired) electrons. The minimum atomic E-state index is 0.678. The number of oxazole rings is 1. The highest BCUT2D eigenvalue weighted by Crippen LogP contribution is 2.17. The Hall–Kier alpha value is -0.830. The highest BCUT2D eigenvalue weighted by molar-refractivity contribution is 5.03. The summed E-state index contributed by atoms with van der Waals surface area (Å²) in [5.41, 5.74) is 1.01. The predicted molar refractivity (Wildman–Crippen MR) is 59.6 cm³/mol. The lowest BCUT2D eigenvalue weighted by Gasteiger charge is -2.14. The third kappa shape index (κ3) is 3.06. The van der Waals surface area contributed by atoms with Crippen LogP contribution in [0.1, 0.15) is 50.0 Å². The van der Waals surface area contributed by atoms with Gasteiger partial charge in [-0.3, -0.25) is 0 Å². The summed E-state index contributed by atoms with van der Waals surface area (Å²) in [6.45, 7) is 2.82. The number of hydrogen-bond donors (Lipinski definition) is 1. The minimum Gasteiger partial charge on any atom is -0.447 e. The van der Waals surface area contributed by atoms with E-state index >= 15 is 0 Å². The highest BCUT2D eigenvalue weighted by Gasteiger charge is 2.12. The quantitative estimate of drug-likeness (QED) is 0.776. The van der Waals surface area contributed by atoms with Crippen molar-refractivity contribution in [3.63, 3.8) is 0 Å². The molecule has 1 aromatic rings. The second-order valence-corrected chi connectivity index (χ2v) is 4.43. The number of aromatic nitrogens is 1. The van der Waals surface area contributed by atoms with Crippen molar-refractivity contribution in [1.29, 1.82) is 0 Å². The third-order valence-corrected chi connectivity index (χ3v) is 3.25. The fraction of sp³-hybridized carbons (Fsp3) is 0.750. The number of rotatable bonds is 3. The van der Waals surface area contributed by atoms with Gasteiger partial charge in [0, 0.05) is 6.04 Å². The van der Waals surface area contributed by atoms with Crippen LogP contribution in [0.25, 0.3) is 0 Å². The Morgan fingerprint density at radius 2 is 2.07 bits per heavy atom. The first kappa shape index (κ1) is 10.7. The molecule has 0 amide bonds. The van der Waals surface area contributed by atoms with Gasteiger partial charge in [-0.05, 0) is 19.8 Å². The summed E-state index contributed by atoms with van der Waals surface area (Å²) < 4.78 is 5.31. The van der Waals surface area contributed by atoms with E-state index in [2.05, 4.69) is 10.3 Å². The van der Waals surface area contributed by atoms with Crippen LogP contribution in [0.3, 0.4) is 0 Å². The molecule has 0 atom stereocenters. The standard InChI is InChI=1S/C12H20N2O/c1-10-12(15-9-14-10)8-13-11-6-4-2-3-5-7-11/h9,11,13H,2-8H2,1H3. The third-order valence-electron chi connectivity index (χ3n) is 3.25. The summed E-state index contributed by atoms with van der Waals surface area (Å²) in [5.74, 6) is 0.985. The van der Waals surface area contributed by atoms with Gasteiger partial charge in [0.05, 0.1) is 12.2 Å². The van der Waals surface area contributed by atoms with Crippen LogP contribution < -0.4 is 5.32 Å². The van der Waals surface area contributed by atoms with Gasteiger partial charge in [-0.1, -0.05) is 25.7 Å². The average molecular weight is 208 g/mol. The molecule has 3 nitrogen and oxygen atoms in total. The fourth-order valence-corrected chi connectivity index (χ4v) is 2.22. The van der Waals surface area contributed by atoms with Crippen molar-refractivity contribution < 1.29 is 4.42 Å². The lowest BCUT2D eigenvalue weighted by atomic mass is 10.1. The molecule has 1 aromatic heterocycles. The Labute approximate surface area is 91.3 Å². The Bertz CT molecular complexity index is 288. The molecular weight excluding hydrogens is 188 g/mol. The van der Waals surface area contributed by atoms with Crippen LogP contribution in [-0.2, 0) is 6.54 Å². The fourth-order valence-electron chi connectivity index (χ4n) is 2.22. The maximum atomic E-state index is 5.31. The number of nitrogens with one attached hydrogen (secondary N) is 1. The van der Waals surface area contributed by atoms with E-state index in [0.29, 0.717) is 6.04 Å². The van der Waals surface area contributed by atoms with E-state index in [9.17, 15) is 0 Å². The molecule has 1 fully saturated rings. The van der Waals surface area contributed by atoms with Gasteiger partial charge in [-0.2, -0.15) is 0 Å². The second kappa shape index (κ2) is 5.31. The van der Waals surface area contributed by atoms with Crippen molar-refractivity contribution in [3.05, 3.63) is 17.8 Å². The van der Waals surface area contributed by atoms with Crippen LogP contribution in [0.4, 0.5) is 0 Å². The monoisotopic (exact) mass is 208 g/mol. The molecule has 0 bridgehead atoms. The van der Waals surface area contributed by atoms with Crippen molar-refractivity contribution in [3.8, 4) is 0 Å². The Morgan fingerprint density at radius 1 is 1.33 bits per heavy atom. The van der Waals surface area contributed by atoms with Crippen molar-refractivity contribution in [1.82, 2.24) is 10.3 Å². The zero-order valence-corrected chi connectivity index (χ0v) is 9.46. The first-order chi connectivity index (χ1) is 7.36. The van der Waals surface area contributed by atoms with E-state index in [-0.39, 0.29) is 0 Å². The summed E-state index contributed by atoms with van der Waals surface area (Å²) in [4.78, 5) is 4.09. The molecule has 1 aliphatic carbocycles. The van der Waals surface area contributed by atoms with Crippen LogP contribution in [0.2, 0.25) is 0 Å². The van der Waals surface area contributed by atoms with E-state index in [1.807, 2.05) is 6.92 Å². The Morgan fingerprint density at radius 3 is 2.67 bits per heavy atom. The molecule has 0 aromatic carbocycles. The van der Waals surface area contributed by atoms with Crippen LogP contribution >= 0.6 is 0 Å². The first-order valence-corrected chi connectivity index (χ1v) is 5.98. The molecule has 2 rings (SSSR count). The van der Waals surface area contributed by atoms with Crippen LogP contribution in [0.5, 0.6) is 0 Å². The lowest BCUT2D eigenvalue weighted by molar-refractivity contribution is 0.414. The van der Waals surface area contributed by atoms with Crippen LogP contribution in [0, 0.1) is 6.92 Å². The summed E-state index contributed by atoms with van der Waals surface area (Å²) in [6, 6.07) is 0.678. The molecule has 15 heavy (non-hydrogen) atoms. The van der Waals surface area contributed by atoms with Gasteiger partial charge in [-0.15, -0.1) is 0 Å². The van der Waals surface area contributed by atoms with Crippen molar-refractivity contribution in [2.45, 2.75) is 58.0 Å². The SMILES string of the molecule is Cc1ncoc1CNC1CCCCCC1. The molecule has 1 N–H and O–H groups in total. The van der Waals surface area contributed by atoms with E-state index in [0.717, 1.165) is 18.0 Å². The van der Waals surface area contributed by atoms with Gasteiger partial charge in [0.15, 0.2) is 6.39 Å². The van der Waals surface area contributed by atoms with E-state index in [1.54, 1.807) is 0 Å². The van der Waals surface area contributed by atoms with Crippen LogP contribution in [-0.4, -0.2) is 11.0 Å². The summed E-state index contributed by atoms with van der Waals surface area (Å²) in [6.07, 6.45) is 9.69. The molecule has 1 saturated carbocycles. The van der Waals surface area contributed by atoms with Gasteiger partial charge in [0.25, 0.3) is 0 Å². The minimum absolute atomic E-state index is 0.678. The molecule has 1 heterocycles. The smallest absolute Gasteiger partial charge is 0.181 e. The Kier molecular flexibility index (Phi) is 3.78. The van der Waals surface area contributed by atoms with Crippen LogP contribution in [0.15, 0.2) is 10.8 Å². The number of aryl methyl sites for hydroxylation is 1. The van der Waals surface area contributed by atoms with Gasteiger partial charge in [0.2, 0.25) is 0 Å². The largest absolute Gasteiger partial charge is 0.447 e. The molecule has 1 aliphatic rings. The summed E-state index contributed by atoms with van der Waals surface area (Å²) >= 11 is 0. The Balaban J connectivity index is 1.79. The lowest BCUT2D eigenvalue weighted by Crippen LogP contribution is -2.27. The molecule has 0 spiro atoms. The number of hydrogen-bond acceptors (Lipinski definition) is 3. The molecule has 0 saturated heterocycles. The normalized spacial score (nSPS) is 19.0. The van der Waals surface area contributed by atoms with Crippen molar-refractivity contribution in [2.24, 2.45) is 0 Å². The summed E-state index contributed by atoms with van der Waals surface area (Å²) in [7, 11) is 0. The van der Waals surface area contributed by atoms with Gasteiger partial charge in [-0.25, -0.2) is 4.98 Å². The maximum absolute atomic E-state index is 5.31.